The third kappa shape index (κ3) is 3.48. The van der Waals surface area contributed by atoms with Crippen LogP contribution in [0.4, 0.5) is 0 Å². The van der Waals surface area contributed by atoms with E-state index in [4.69, 9.17) is 16.4 Å². The molecule has 6 heteroatoms. The maximum Gasteiger partial charge on any atom is 0.235 e. The lowest BCUT2D eigenvalue weighted by Gasteiger charge is -2.36. The van der Waals surface area contributed by atoms with Crippen LogP contribution in [-0.2, 0) is 14.4 Å². The number of hydroxylamine groups is 2. The molecule has 2 fully saturated rings. The third-order valence-corrected chi connectivity index (χ3v) is 6.50. The SMILES string of the molecule is CON1CCC2(CC1)NC(=O)C(c1c(C)cc(-c3ccc(Cl)cc3)cc1C)C2=O. The average molecular weight is 413 g/mol. The largest absolute Gasteiger partial charge is 0.343 e. The maximum atomic E-state index is 13.4. The number of nitrogens with one attached hydrogen (secondary N) is 1. The van der Waals surface area contributed by atoms with Gasteiger partial charge in [-0.25, -0.2) is 0 Å². The van der Waals surface area contributed by atoms with Crippen molar-refractivity contribution < 1.29 is 14.4 Å². The second-order valence-corrected chi connectivity index (χ2v) is 8.45. The fourth-order valence-corrected chi connectivity index (χ4v) is 4.81. The fourth-order valence-electron chi connectivity index (χ4n) is 4.69. The van der Waals surface area contributed by atoms with E-state index in [0.29, 0.717) is 31.0 Å². The van der Waals surface area contributed by atoms with Crippen LogP contribution in [0.2, 0.25) is 5.02 Å². The van der Waals surface area contributed by atoms with E-state index in [1.807, 2.05) is 55.3 Å². The summed E-state index contributed by atoms with van der Waals surface area (Å²) in [7, 11) is 1.63. The first kappa shape index (κ1) is 20.1. The Labute approximate surface area is 175 Å². The molecule has 2 aliphatic heterocycles. The van der Waals surface area contributed by atoms with E-state index >= 15 is 0 Å². The highest BCUT2D eigenvalue weighted by Gasteiger charge is 2.54. The van der Waals surface area contributed by atoms with Gasteiger partial charge in [-0.15, -0.1) is 0 Å². The number of ketones is 1. The van der Waals surface area contributed by atoms with Crippen LogP contribution in [0.25, 0.3) is 11.1 Å². The van der Waals surface area contributed by atoms with E-state index in [9.17, 15) is 9.59 Å². The summed E-state index contributed by atoms with van der Waals surface area (Å²) in [4.78, 5) is 31.6. The Hall–Kier alpha value is -2.21. The number of amides is 1. The Morgan fingerprint density at radius 1 is 1.03 bits per heavy atom. The van der Waals surface area contributed by atoms with Gasteiger partial charge >= 0.3 is 0 Å². The Morgan fingerprint density at radius 2 is 1.62 bits per heavy atom. The van der Waals surface area contributed by atoms with Gasteiger partial charge in [-0.1, -0.05) is 35.9 Å². The molecule has 2 heterocycles. The van der Waals surface area contributed by atoms with Crippen molar-refractivity contribution in [1.82, 2.24) is 10.4 Å². The molecule has 0 aromatic heterocycles. The van der Waals surface area contributed by atoms with Gasteiger partial charge in [0.2, 0.25) is 5.91 Å². The summed E-state index contributed by atoms with van der Waals surface area (Å²) in [6.45, 7) is 5.20. The molecule has 1 spiro atoms. The molecule has 0 aliphatic carbocycles. The zero-order valence-corrected chi connectivity index (χ0v) is 17.7. The van der Waals surface area contributed by atoms with Crippen LogP contribution in [0.15, 0.2) is 36.4 Å². The van der Waals surface area contributed by atoms with Gasteiger partial charge in [0.15, 0.2) is 5.78 Å². The standard InChI is InChI=1S/C23H25ClN2O3/c1-14-12-17(16-4-6-18(24)7-5-16)13-15(2)19(14)20-21(27)23(25-22(20)28)8-10-26(29-3)11-9-23/h4-7,12-13,20H,8-11H2,1-3H3,(H,25,28). The summed E-state index contributed by atoms with van der Waals surface area (Å²) in [6, 6.07) is 11.8. The quantitative estimate of drug-likeness (QED) is 0.779. The summed E-state index contributed by atoms with van der Waals surface area (Å²) in [6.07, 6.45) is 1.14. The number of carbonyl (C=O) groups excluding carboxylic acids is 2. The lowest BCUT2D eigenvalue weighted by Crippen LogP contribution is -2.54. The van der Waals surface area contributed by atoms with Gasteiger partial charge in [-0.2, -0.15) is 5.06 Å². The van der Waals surface area contributed by atoms with Gasteiger partial charge in [0.1, 0.15) is 11.5 Å². The molecule has 29 heavy (non-hydrogen) atoms. The van der Waals surface area contributed by atoms with Crippen molar-refractivity contribution in [2.24, 2.45) is 0 Å². The number of aryl methyl sites for hydroxylation is 2. The lowest BCUT2D eigenvalue weighted by atomic mass is 9.78. The predicted octanol–water partition coefficient (Wildman–Crippen LogP) is 3.80. The summed E-state index contributed by atoms with van der Waals surface area (Å²) in [5.74, 6) is -0.946. The number of piperidine rings is 1. The second-order valence-electron chi connectivity index (χ2n) is 8.01. The first-order chi connectivity index (χ1) is 13.8. The average Bonchev–Trinajstić information content (AvgIpc) is 2.93. The highest BCUT2D eigenvalue weighted by molar-refractivity contribution is 6.30. The van der Waals surface area contributed by atoms with Crippen LogP contribution >= 0.6 is 11.6 Å². The van der Waals surface area contributed by atoms with E-state index < -0.39 is 11.5 Å². The van der Waals surface area contributed by atoms with Crippen molar-refractivity contribution in [1.29, 1.82) is 0 Å². The fraction of sp³-hybridized carbons (Fsp3) is 0.391. The Kier molecular flexibility index (Phi) is 5.23. The van der Waals surface area contributed by atoms with Crippen molar-refractivity contribution in [3.8, 4) is 11.1 Å². The molecule has 1 amide bonds. The van der Waals surface area contributed by atoms with Crippen molar-refractivity contribution >= 4 is 23.3 Å². The molecule has 0 bridgehead atoms. The monoisotopic (exact) mass is 412 g/mol. The molecule has 2 aliphatic rings. The minimum atomic E-state index is -0.773. The Bertz CT molecular complexity index is 940. The van der Waals surface area contributed by atoms with Crippen molar-refractivity contribution in [2.45, 2.75) is 38.1 Å². The normalized spacial score (nSPS) is 21.6. The lowest BCUT2D eigenvalue weighted by molar-refractivity contribution is -0.157. The summed E-state index contributed by atoms with van der Waals surface area (Å²) in [5, 5.41) is 5.55. The Balaban J connectivity index is 1.67. The van der Waals surface area contributed by atoms with Crippen LogP contribution < -0.4 is 5.32 Å². The van der Waals surface area contributed by atoms with Gasteiger partial charge in [0.25, 0.3) is 0 Å². The van der Waals surface area contributed by atoms with Crippen LogP contribution in [0.5, 0.6) is 0 Å². The third-order valence-electron chi connectivity index (χ3n) is 6.25. The molecule has 2 saturated heterocycles. The summed E-state index contributed by atoms with van der Waals surface area (Å²) < 4.78 is 0. The number of hydrogen-bond acceptors (Lipinski definition) is 4. The molecule has 1 atom stereocenters. The zero-order chi connectivity index (χ0) is 20.8. The topological polar surface area (TPSA) is 58.6 Å². The van der Waals surface area contributed by atoms with Gasteiger partial charge < -0.3 is 10.2 Å². The van der Waals surface area contributed by atoms with Gasteiger partial charge in [-0.3, -0.25) is 9.59 Å². The first-order valence-corrected chi connectivity index (χ1v) is 10.2. The maximum absolute atomic E-state index is 13.4. The number of halogens is 1. The Morgan fingerprint density at radius 3 is 2.17 bits per heavy atom. The molecule has 0 saturated carbocycles. The van der Waals surface area contributed by atoms with Crippen LogP contribution in [0.1, 0.15) is 35.4 Å². The molecule has 4 rings (SSSR count). The number of carbonyl (C=O) groups is 2. The minimum absolute atomic E-state index is 0.0105. The van der Waals surface area contributed by atoms with E-state index in [0.717, 1.165) is 27.8 Å². The smallest absolute Gasteiger partial charge is 0.235 e. The van der Waals surface area contributed by atoms with Crippen molar-refractivity contribution in [3.05, 3.63) is 58.1 Å². The number of hydrogen-bond donors (Lipinski definition) is 1. The van der Waals surface area contributed by atoms with Gasteiger partial charge in [0.05, 0.1) is 7.11 Å². The molecular weight excluding hydrogens is 388 g/mol. The molecule has 1 unspecified atom stereocenters. The van der Waals surface area contributed by atoms with Crippen LogP contribution in [0, 0.1) is 13.8 Å². The van der Waals surface area contributed by atoms with Crippen LogP contribution in [0.3, 0.4) is 0 Å². The highest BCUT2D eigenvalue weighted by atomic mass is 35.5. The predicted molar refractivity (Wildman–Crippen MR) is 113 cm³/mol. The molecule has 0 radical (unpaired) electrons. The molecule has 152 valence electrons. The van der Waals surface area contributed by atoms with E-state index in [1.165, 1.54) is 0 Å². The summed E-state index contributed by atoms with van der Waals surface area (Å²) >= 11 is 6.00. The molecule has 2 aromatic carbocycles. The summed E-state index contributed by atoms with van der Waals surface area (Å²) in [5.41, 5.74) is 4.07. The first-order valence-electron chi connectivity index (χ1n) is 9.87. The van der Waals surface area contributed by atoms with Crippen LogP contribution in [-0.4, -0.2) is 42.5 Å². The van der Waals surface area contributed by atoms with E-state index in [1.54, 1.807) is 7.11 Å². The zero-order valence-electron chi connectivity index (χ0n) is 16.9. The number of rotatable bonds is 3. The molecule has 2 aromatic rings. The van der Waals surface area contributed by atoms with Gasteiger partial charge in [0, 0.05) is 18.1 Å². The van der Waals surface area contributed by atoms with E-state index in [-0.39, 0.29) is 11.7 Å². The van der Waals surface area contributed by atoms with Crippen molar-refractivity contribution in [2.75, 3.05) is 20.2 Å². The van der Waals surface area contributed by atoms with Crippen molar-refractivity contribution in [3.63, 3.8) is 0 Å². The molecular formula is C23H25ClN2O3. The number of benzene rings is 2. The molecule has 1 N–H and O–H groups in total. The number of nitrogens with zero attached hydrogens (tertiary/aromatic N) is 1. The highest BCUT2D eigenvalue weighted by Crippen LogP contribution is 2.39. The van der Waals surface area contributed by atoms with E-state index in [2.05, 4.69) is 5.32 Å². The second kappa shape index (κ2) is 7.56. The number of Topliss-reactive ketones (excluding diaryl/α,β-unsaturated/α-hetero) is 1. The molecule has 5 nitrogen and oxygen atoms in total. The minimum Gasteiger partial charge on any atom is -0.343 e. The van der Waals surface area contributed by atoms with Gasteiger partial charge in [-0.05, 0) is 66.6 Å².